The average molecular weight is 219 g/mol. The number of hydrogen-bond donors (Lipinski definition) is 0. The van der Waals surface area contributed by atoms with Crippen LogP contribution in [0.3, 0.4) is 0 Å². The van der Waals surface area contributed by atoms with Crippen molar-refractivity contribution in [3.63, 3.8) is 0 Å². The van der Waals surface area contributed by atoms with Crippen molar-refractivity contribution >= 4 is 5.78 Å². The number of ketones is 1. The number of carbonyl (C=O) groups excluding carboxylic acids is 1. The minimum atomic E-state index is -0.424. The highest BCUT2D eigenvalue weighted by Gasteiger charge is 2.27. The Morgan fingerprint density at radius 2 is 2.19 bits per heavy atom. The third-order valence-corrected chi connectivity index (χ3v) is 2.72. The van der Waals surface area contributed by atoms with Crippen molar-refractivity contribution in [1.82, 2.24) is 0 Å². The van der Waals surface area contributed by atoms with Gasteiger partial charge >= 0.3 is 0 Å². The molecule has 0 bridgehead atoms. The maximum absolute atomic E-state index is 12.3. The van der Waals surface area contributed by atoms with Gasteiger partial charge in [0.15, 0.2) is 5.78 Å². The number of benzene rings is 1. The van der Waals surface area contributed by atoms with E-state index in [2.05, 4.69) is 0 Å². The smallest absolute Gasteiger partial charge is 0.168 e. The largest absolute Gasteiger partial charge is 0.493 e. The van der Waals surface area contributed by atoms with E-state index in [0.29, 0.717) is 24.3 Å². The molecule has 0 saturated carbocycles. The van der Waals surface area contributed by atoms with Crippen molar-refractivity contribution in [2.24, 2.45) is 5.41 Å². The molecule has 0 spiro atoms. The highest BCUT2D eigenvalue weighted by Crippen LogP contribution is 2.31. The van der Waals surface area contributed by atoms with Crippen molar-refractivity contribution in [1.29, 1.82) is 0 Å². The van der Waals surface area contributed by atoms with Gasteiger partial charge in [-0.25, -0.2) is 0 Å². The zero-order valence-electron chi connectivity index (χ0n) is 11.0. The van der Waals surface area contributed by atoms with Crippen LogP contribution in [-0.4, -0.2) is 12.4 Å². The molecule has 1 heterocycles. The second kappa shape index (κ2) is 3.93. The van der Waals surface area contributed by atoms with Gasteiger partial charge in [-0.15, -0.1) is 0 Å². The highest BCUT2D eigenvalue weighted by molar-refractivity contribution is 6.01. The highest BCUT2D eigenvalue weighted by atomic mass is 16.5. The summed E-state index contributed by atoms with van der Waals surface area (Å²) in [5.41, 5.74) is 0.986. The first-order valence-electron chi connectivity index (χ1n) is 6.22. The molecule has 86 valence electrons. The van der Waals surface area contributed by atoms with E-state index in [1.165, 1.54) is 0 Å². The molecule has 0 N–H and O–H groups in total. The lowest BCUT2D eigenvalue weighted by molar-refractivity contribution is 0.0856. The molecule has 0 amide bonds. The summed E-state index contributed by atoms with van der Waals surface area (Å²) < 4.78 is 13.6. The quantitative estimate of drug-likeness (QED) is 0.678. The van der Waals surface area contributed by atoms with Gasteiger partial charge in [0.1, 0.15) is 5.75 Å². The number of ether oxygens (including phenoxy) is 1. The van der Waals surface area contributed by atoms with Gasteiger partial charge in [-0.3, -0.25) is 4.79 Å². The van der Waals surface area contributed by atoms with Gasteiger partial charge in [0.05, 0.1) is 6.61 Å². The van der Waals surface area contributed by atoms with Gasteiger partial charge in [0.25, 0.3) is 0 Å². The van der Waals surface area contributed by atoms with E-state index in [1.807, 2.05) is 39.0 Å². The Hall–Kier alpha value is -1.31. The Morgan fingerprint density at radius 1 is 1.44 bits per heavy atom. The van der Waals surface area contributed by atoms with E-state index in [0.717, 1.165) is 5.56 Å². The summed E-state index contributed by atoms with van der Waals surface area (Å²) >= 11 is 0. The van der Waals surface area contributed by atoms with E-state index in [-0.39, 0.29) is 12.2 Å². The minimum absolute atomic E-state index is 0.0806. The van der Waals surface area contributed by atoms with Crippen LogP contribution < -0.4 is 4.74 Å². The molecule has 0 fully saturated rings. The topological polar surface area (TPSA) is 26.3 Å². The first-order valence-corrected chi connectivity index (χ1v) is 5.64. The maximum Gasteiger partial charge on any atom is 0.168 e. The Labute approximate surface area is 98.0 Å². The van der Waals surface area contributed by atoms with Crippen molar-refractivity contribution in [3.8, 4) is 5.75 Å². The number of hydrogen-bond acceptors (Lipinski definition) is 2. The summed E-state index contributed by atoms with van der Waals surface area (Å²) in [4.78, 5) is 12.3. The molecular formula is C14H18O2. The van der Waals surface area contributed by atoms with Crippen LogP contribution in [0.15, 0.2) is 18.2 Å². The number of fused-ring (bicyclic) bond motifs is 1. The maximum atomic E-state index is 12.3. The number of carbonyl (C=O) groups is 1. The van der Waals surface area contributed by atoms with Gasteiger partial charge in [0, 0.05) is 17.9 Å². The minimum Gasteiger partial charge on any atom is -0.493 e. The molecule has 1 aromatic rings. The molecule has 0 aromatic heterocycles. The lowest BCUT2D eigenvalue weighted by Gasteiger charge is -2.23. The zero-order chi connectivity index (χ0) is 12.6. The third-order valence-electron chi connectivity index (χ3n) is 2.72. The summed E-state index contributed by atoms with van der Waals surface area (Å²) in [6, 6.07) is 5.48. The van der Waals surface area contributed by atoms with Crippen LogP contribution in [0.5, 0.6) is 5.75 Å². The molecule has 0 radical (unpaired) electrons. The molecule has 1 atom stereocenters. The molecule has 0 aliphatic carbocycles. The number of rotatable bonds is 1. The molecule has 1 unspecified atom stereocenters. The van der Waals surface area contributed by atoms with Gasteiger partial charge < -0.3 is 4.74 Å². The predicted molar refractivity (Wildman–Crippen MR) is 64.0 cm³/mol. The Balaban J connectivity index is 2.52. The van der Waals surface area contributed by atoms with Crippen LogP contribution in [0, 0.1) is 5.41 Å². The monoisotopic (exact) mass is 219 g/mol. The Bertz CT molecular complexity index is 446. The second-order valence-corrected chi connectivity index (χ2v) is 5.14. The van der Waals surface area contributed by atoms with Crippen LogP contribution >= 0.6 is 0 Å². The SMILES string of the molecule is [2H]C1CCOc2cccc(C(=O)C(C)(C)C)c21. The molecule has 1 aliphatic rings. The number of Topliss-reactive ketones (excluding diaryl/α,β-unsaturated/α-hetero) is 1. The van der Waals surface area contributed by atoms with Crippen LogP contribution in [0.25, 0.3) is 0 Å². The summed E-state index contributed by atoms with van der Waals surface area (Å²) in [6.07, 6.45) is 0.308. The molecule has 16 heavy (non-hydrogen) atoms. The van der Waals surface area contributed by atoms with Crippen molar-refractivity contribution in [3.05, 3.63) is 29.3 Å². The molecule has 0 saturated heterocycles. The van der Waals surface area contributed by atoms with E-state index in [9.17, 15) is 4.79 Å². The summed E-state index contributed by atoms with van der Waals surface area (Å²) in [5.74, 6) is 0.781. The summed E-state index contributed by atoms with van der Waals surface area (Å²) in [6.45, 7) is 6.26. The van der Waals surface area contributed by atoms with E-state index >= 15 is 0 Å². The fraction of sp³-hybridized carbons (Fsp3) is 0.500. The molecule has 2 heteroatoms. The van der Waals surface area contributed by atoms with Crippen molar-refractivity contribution in [2.45, 2.75) is 33.6 Å². The van der Waals surface area contributed by atoms with Crippen LogP contribution in [0.4, 0.5) is 0 Å². The van der Waals surface area contributed by atoms with Crippen LogP contribution in [0.1, 0.15) is 44.5 Å². The first-order chi connectivity index (χ1) is 7.91. The Kier molecular flexibility index (Phi) is 2.43. The van der Waals surface area contributed by atoms with Crippen LogP contribution in [0.2, 0.25) is 0 Å². The first kappa shape index (κ1) is 9.88. The van der Waals surface area contributed by atoms with E-state index < -0.39 is 5.41 Å². The van der Waals surface area contributed by atoms with Crippen molar-refractivity contribution in [2.75, 3.05) is 6.61 Å². The standard InChI is InChI=1S/C14H18O2/c1-14(2,3)13(15)11-6-4-8-12-10(11)7-5-9-16-12/h4,6,8H,5,7,9H2,1-3H3/i7D. The average Bonchev–Trinajstić information content (AvgIpc) is 2.26. The summed E-state index contributed by atoms with van der Waals surface area (Å²) in [5, 5.41) is 0. The van der Waals surface area contributed by atoms with Gasteiger partial charge in [-0.05, 0) is 18.9 Å². The zero-order valence-corrected chi connectivity index (χ0v) is 10.0. The normalized spacial score (nSPS) is 20.7. The molecular weight excluding hydrogens is 200 g/mol. The predicted octanol–water partition coefficient (Wildman–Crippen LogP) is 3.24. The molecule has 2 nitrogen and oxygen atoms in total. The lowest BCUT2D eigenvalue weighted by Crippen LogP contribution is -2.23. The lowest BCUT2D eigenvalue weighted by atomic mass is 9.83. The molecule has 1 aliphatic heterocycles. The fourth-order valence-corrected chi connectivity index (χ4v) is 1.85. The third kappa shape index (κ3) is 1.97. The molecule has 1 aromatic carbocycles. The van der Waals surface area contributed by atoms with Gasteiger partial charge in [-0.2, -0.15) is 0 Å². The van der Waals surface area contributed by atoms with Gasteiger partial charge in [0.2, 0.25) is 0 Å². The Morgan fingerprint density at radius 3 is 2.88 bits per heavy atom. The van der Waals surface area contributed by atoms with E-state index in [1.54, 1.807) is 0 Å². The van der Waals surface area contributed by atoms with E-state index in [4.69, 9.17) is 6.11 Å². The fourth-order valence-electron chi connectivity index (χ4n) is 1.85. The van der Waals surface area contributed by atoms with Crippen molar-refractivity contribution < 1.29 is 10.9 Å². The van der Waals surface area contributed by atoms with Gasteiger partial charge in [-0.1, -0.05) is 32.9 Å². The van der Waals surface area contributed by atoms with Crippen LogP contribution in [-0.2, 0) is 6.40 Å². The second-order valence-electron chi connectivity index (χ2n) is 5.14. The molecule has 2 rings (SSSR count). The summed E-state index contributed by atoms with van der Waals surface area (Å²) in [7, 11) is 0.